The van der Waals surface area contributed by atoms with Crippen LogP contribution in [0.15, 0.2) is 133 Å². The molecule has 0 saturated carbocycles. The lowest BCUT2D eigenvalue weighted by Crippen LogP contribution is -2.47. The Morgan fingerprint density at radius 3 is 1.27 bits per heavy atom. The molecule has 0 radical (unpaired) electrons. The van der Waals surface area contributed by atoms with E-state index >= 15 is 0 Å². The van der Waals surface area contributed by atoms with Crippen molar-refractivity contribution in [3.8, 4) is 67.5 Å². The van der Waals surface area contributed by atoms with E-state index in [-0.39, 0.29) is 0 Å². The van der Waals surface area contributed by atoms with E-state index in [0.29, 0.717) is 17.5 Å². The van der Waals surface area contributed by atoms with Gasteiger partial charge in [0.05, 0.1) is 0 Å². The van der Waals surface area contributed by atoms with Crippen molar-refractivity contribution in [2.75, 3.05) is 0 Å². The SMILES string of the molecule is Bc1c(B)c(B)c2c(sc3c(-c4ccc(-c5nc(-c6ccc(-c7ccccc7)cc6)nc(-c6cccc(-c7ccccc7)c6)n5)cc4)c(B)c(B)c(B)c32)c1B. The molecule has 258 valence electrons. The van der Waals surface area contributed by atoms with Gasteiger partial charge in [0.25, 0.3) is 0 Å². The Bertz CT molecular complexity index is 2970. The molecule has 3 nitrogen and oxygen atoms in total. The number of nitrogens with zero attached hydrogens (tertiary/aromatic N) is 3. The minimum atomic E-state index is 0.645. The largest absolute Gasteiger partial charge is 0.208 e. The molecule has 0 aliphatic carbocycles. The highest BCUT2D eigenvalue weighted by Gasteiger charge is 2.22. The molecule has 2 heterocycles. The number of thiophene rings is 1. The summed E-state index contributed by atoms with van der Waals surface area (Å²) < 4.78 is 2.77. The Labute approximate surface area is 338 Å². The summed E-state index contributed by atoms with van der Waals surface area (Å²) in [6.07, 6.45) is 0. The smallest absolute Gasteiger partial charge is 0.164 e. The van der Waals surface area contributed by atoms with Crippen LogP contribution >= 0.6 is 11.3 Å². The summed E-state index contributed by atoms with van der Waals surface area (Å²) in [5.41, 5.74) is 19.6. The number of hydrogen-bond donors (Lipinski definition) is 0. The second-order valence-electron chi connectivity index (χ2n) is 15.0. The predicted octanol–water partition coefficient (Wildman–Crippen LogP) is 0.0503. The molecular weight excluding hydrogens is 690 g/mol. The number of fused-ring (bicyclic) bond motifs is 3. The molecule has 0 amide bonds. The van der Waals surface area contributed by atoms with Gasteiger partial charge in [0.2, 0.25) is 0 Å². The Morgan fingerprint density at radius 2 is 0.696 bits per heavy atom. The summed E-state index contributed by atoms with van der Waals surface area (Å²) in [4.78, 5) is 15.4. The van der Waals surface area contributed by atoms with Crippen molar-refractivity contribution in [2.24, 2.45) is 0 Å². The first-order chi connectivity index (χ1) is 27.2. The summed E-state index contributed by atoms with van der Waals surface area (Å²) in [6, 6.07) is 46.7. The Morgan fingerprint density at radius 1 is 0.304 bits per heavy atom. The van der Waals surface area contributed by atoms with Gasteiger partial charge in [-0.25, -0.2) is 15.0 Å². The van der Waals surface area contributed by atoms with Crippen LogP contribution in [-0.2, 0) is 0 Å². The van der Waals surface area contributed by atoms with Crippen molar-refractivity contribution in [1.29, 1.82) is 0 Å². The fraction of sp³-hybridized carbons (Fsp3) is 0. The zero-order chi connectivity index (χ0) is 38.7. The summed E-state index contributed by atoms with van der Waals surface area (Å²) >= 11 is 1.95. The van der Waals surface area contributed by atoms with Crippen LogP contribution in [0.25, 0.3) is 87.7 Å². The van der Waals surface area contributed by atoms with Crippen LogP contribution in [0.5, 0.6) is 0 Å². The maximum absolute atomic E-state index is 5.14. The molecule has 0 aliphatic heterocycles. The van der Waals surface area contributed by atoms with Crippen LogP contribution in [0.4, 0.5) is 0 Å². The van der Waals surface area contributed by atoms with Crippen molar-refractivity contribution in [1.82, 2.24) is 15.0 Å². The van der Waals surface area contributed by atoms with Crippen LogP contribution in [0, 0.1) is 0 Å². The van der Waals surface area contributed by atoms with Gasteiger partial charge in [-0.2, -0.15) is 0 Å². The van der Waals surface area contributed by atoms with E-state index in [2.05, 4.69) is 176 Å². The van der Waals surface area contributed by atoms with Crippen LogP contribution < -0.4 is 38.2 Å². The monoisotopic (exact) mass is 727 g/mol. The molecule has 56 heavy (non-hydrogen) atoms. The van der Waals surface area contributed by atoms with Crippen molar-refractivity contribution < 1.29 is 0 Å². The first-order valence-corrected chi connectivity index (χ1v) is 20.1. The van der Waals surface area contributed by atoms with E-state index in [1.54, 1.807) is 0 Å². The number of aromatic nitrogens is 3. The highest BCUT2D eigenvalue weighted by Crippen LogP contribution is 2.37. The van der Waals surface area contributed by atoms with E-state index in [9.17, 15) is 0 Å². The lowest BCUT2D eigenvalue weighted by Gasteiger charge is -2.17. The highest BCUT2D eigenvalue weighted by atomic mass is 32.1. The van der Waals surface area contributed by atoms with E-state index in [4.69, 9.17) is 15.0 Å². The van der Waals surface area contributed by atoms with Crippen LogP contribution in [0.3, 0.4) is 0 Å². The predicted molar refractivity (Wildman–Crippen MR) is 263 cm³/mol. The van der Waals surface area contributed by atoms with Crippen molar-refractivity contribution in [3.05, 3.63) is 133 Å². The average Bonchev–Trinajstić information content (AvgIpc) is 3.65. The van der Waals surface area contributed by atoms with Crippen LogP contribution in [0.2, 0.25) is 0 Å². The van der Waals surface area contributed by atoms with Crippen molar-refractivity contribution >= 4 is 125 Å². The van der Waals surface area contributed by atoms with Crippen molar-refractivity contribution in [2.45, 2.75) is 0 Å². The standard InChI is InChI=1S/C45H36B7N3S/c46-34-31(41-32(35(47)37(34)49)33-36(48)38(50)39(51)40(52)42(33)56-41)26-16-20-28(21-17-26)44-53-43(27-18-14-25(15-19-27)23-8-3-1-4-9-23)54-45(55-44)30-13-7-12-29(22-30)24-10-5-2-6-11-24/h1-22H,46-52H2. The second-order valence-corrected chi connectivity index (χ2v) is 16.1. The normalized spacial score (nSPS) is 11.4. The zero-order valence-electron chi connectivity index (χ0n) is 33.0. The lowest BCUT2D eigenvalue weighted by molar-refractivity contribution is 1.07. The first-order valence-electron chi connectivity index (χ1n) is 19.3. The van der Waals surface area contributed by atoms with Gasteiger partial charge in [-0.1, -0.05) is 149 Å². The molecule has 2 aromatic heterocycles. The Balaban J connectivity index is 1.18. The van der Waals surface area contributed by atoms with Gasteiger partial charge in [0, 0.05) is 26.1 Å². The van der Waals surface area contributed by atoms with E-state index in [1.165, 1.54) is 75.1 Å². The quantitative estimate of drug-likeness (QED) is 0.228. The molecule has 9 aromatic rings. The van der Waals surface area contributed by atoms with Gasteiger partial charge in [-0.05, 0) is 50.2 Å². The first kappa shape index (κ1) is 35.9. The minimum absolute atomic E-state index is 0.645. The third-order valence-electron chi connectivity index (χ3n) is 12.0. The maximum atomic E-state index is 5.14. The second kappa shape index (κ2) is 14.4. The Kier molecular flexibility index (Phi) is 9.22. The fourth-order valence-corrected chi connectivity index (χ4v) is 9.74. The van der Waals surface area contributed by atoms with E-state index in [1.807, 2.05) is 23.5 Å². The highest BCUT2D eigenvalue weighted by molar-refractivity contribution is 7.28. The molecule has 0 saturated heterocycles. The van der Waals surface area contributed by atoms with Gasteiger partial charge in [0.15, 0.2) is 17.5 Å². The lowest BCUT2D eigenvalue weighted by atomic mass is 9.64. The molecule has 0 bridgehead atoms. The molecule has 0 aliphatic rings. The molecule has 11 heteroatoms. The molecule has 0 atom stereocenters. The number of rotatable bonds is 6. The molecule has 0 fully saturated rings. The van der Waals surface area contributed by atoms with E-state index < -0.39 is 0 Å². The third-order valence-corrected chi connectivity index (χ3v) is 13.3. The Hall–Kier alpha value is -5.78. The molecule has 0 N–H and O–H groups in total. The minimum Gasteiger partial charge on any atom is -0.208 e. The molecule has 0 unspecified atom stereocenters. The summed E-state index contributed by atoms with van der Waals surface area (Å²) in [5.74, 6) is 1.94. The van der Waals surface area contributed by atoms with Crippen LogP contribution in [-0.4, -0.2) is 69.9 Å². The average molecular weight is 727 g/mol. The van der Waals surface area contributed by atoms with Crippen LogP contribution in [0.1, 0.15) is 0 Å². The van der Waals surface area contributed by atoms with Gasteiger partial charge < -0.3 is 0 Å². The van der Waals surface area contributed by atoms with Gasteiger partial charge in [0.1, 0.15) is 54.9 Å². The van der Waals surface area contributed by atoms with Gasteiger partial charge in [-0.15, -0.1) is 27.7 Å². The fourth-order valence-electron chi connectivity index (χ4n) is 8.14. The third kappa shape index (κ3) is 6.15. The van der Waals surface area contributed by atoms with Crippen molar-refractivity contribution in [3.63, 3.8) is 0 Å². The van der Waals surface area contributed by atoms with Gasteiger partial charge >= 0.3 is 0 Å². The summed E-state index contributed by atoms with van der Waals surface area (Å²) in [7, 11) is 16.0. The zero-order valence-corrected chi connectivity index (χ0v) is 33.8. The summed E-state index contributed by atoms with van der Waals surface area (Å²) in [5, 5.41) is 2.82. The maximum Gasteiger partial charge on any atom is 0.164 e. The van der Waals surface area contributed by atoms with E-state index in [0.717, 1.165) is 33.4 Å². The molecule has 7 aromatic carbocycles. The van der Waals surface area contributed by atoms with Gasteiger partial charge in [-0.3, -0.25) is 0 Å². The molecule has 9 rings (SSSR count). The summed E-state index contributed by atoms with van der Waals surface area (Å²) in [6.45, 7) is 0. The number of hydrogen-bond acceptors (Lipinski definition) is 4. The molecule has 0 spiro atoms. The number of benzene rings is 7. The topological polar surface area (TPSA) is 38.7 Å². The molecular formula is C45H36B7N3S.